The van der Waals surface area contributed by atoms with Crippen molar-refractivity contribution in [2.75, 3.05) is 0 Å². The van der Waals surface area contributed by atoms with Crippen LogP contribution < -0.4 is 5.73 Å². The summed E-state index contributed by atoms with van der Waals surface area (Å²) in [5, 5.41) is 8.45. The van der Waals surface area contributed by atoms with Crippen molar-refractivity contribution in [1.29, 1.82) is 0 Å². The van der Waals surface area contributed by atoms with Gasteiger partial charge in [-0.1, -0.05) is 6.92 Å². The zero-order valence-electron chi connectivity index (χ0n) is 6.50. The lowest BCUT2D eigenvalue weighted by atomic mass is 10.0. The molecule has 0 aliphatic carbocycles. The summed E-state index contributed by atoms with van der Waals surface area (Å²) >= 11 is 0. The fourth-order valence-electron chi connectivity index (χ4n) is 0.636. The highest BCUT2D eigenvalue weighted by Crippen LogP contribution is 2.06. The highest BCUT2D eigenvalue weighted by Gasteiger charge is 2.10. The van der Waals surface area contributed by atoms with E-state index < -0.39 is 5.97 Å². The lowest BCUT2D eigenvalue weighted by Crippen LogP contribution is -2.18. The van der Waals surface area contributed by atoms with E-state index in [9.17, 15) is 4.79 Å². The molecule has 2 unspecified atom stereocenters. The second-order valence-electron chi connectivity index (χ2n) is 2.79. The monoisotopic (exact) mass is 145 g/mol. The van der Waals surface area contributed by atoms with Crippen molar-refractivity contribution >= 4 is 5.97 Å². The Hall–Kier alpha value is -0.570. The van der Waals surface area contributed by atoms with Crippen LogP contribution in [0.15, 0.2) is 0 Å². The maximum absolute atomic E-state index is 10.3. The maximum atomic E-state index is 10.3. The van der Waals surface area contributed by atoms with Crippen LogP contribution in [0, 0.1) is 5.92 Å². The van der Waals surface area contributed by atoms with Crippen molar-refractivity contribution in [1.82, 2.24) is 0 Å². The number of carbonyl (C=O) groups is 1. The summed E-state index contributed by atoms with van der Waals surface area (Å²) in [6, 6.07) is 0.113. The van der Waals surface area contributed by atoms with Crippen LogP contribution in [-0.2, 0) is 4.79 Å². The molecule has 0 aliphatic heterocycles. The van der Waals surface area contributed by atoms with E-state index in [1.54, 1.807) is 6.92 Å². The van der Waals surface area contributed by atoms with Gasteiger partial charge in [0.2, 0.25) is 0 Å². The van der Waals surface area contributed by atoms with Gasteiger partial charge in [-0.15, -0.1) is 0 Å². The molecule has 0 heterocycles. The summed E-state index contributed by atoms with van der Waals surface area (Å²) in [6.07, 6.45) is 1.46. The van der Waals surface area contributed by atoms with Crippen molar-refractivity contribution in [3.05, 3.63) is 0 Å². The Kier molecular flexibility index (Phi) is 4.03. The van der Waals surface area contributed by atoms with Gasteiger partial charge in [0, 0.05) is 6.04 Å². The number of carboxylic acids is 1. The van der Waals surface area contributed by atoms with E-state index in [0.717, 1.165) is 6.42 Å². The molecule has 0 fully saturated rings. The molecule has 3 heteroatoms. The molecule has 10 heavy (non-hydrogen) atoms. The van der Waals surface area contributed by atoms with Crippen molar-refractivity contribution in [2.24, 2.45) is 11.7 Å². The van der Waals surface area contributed by atoms with E-state index in [1.807, 2.05) is 6.92 Å². The first-order valence-corrected chi connectivity index (χ1v) is 3.52. The SMILES string of the molecule is CC(N)CCC(C)C(=O)O. The topological polar surface area (TPSA) is 63.3 Å². The van der Waals surface area contributed by atoms with Gasteiger partial charge < -0.3 is 10.8 Å². The predicted molar refractivity (Wildman–Crippen MR) is 39.7 cm³/mol. The Morgan fingerprint density at radius 1 is 1.50 bits per heavy atom. The fourth-order valence-corrected chi connectivity index (χ4v) is 0.636. The molecule has 0 spiro atoms. The highest BCUT2D eigenvalue weighted by molar-refractivity contribution is 5.69. The zero-order valence-corrected chi connectivity index (χ0v) is 6.50. The minimum absolute atomic E-state index is 0.113. The predicted octanol–water partition coefficient (Wildman–Crippen LogP) is 0.835. The minimum atomic E-state index is -0.736. The van der Waals surface area contributed by atoms with E-state index in [-0.39, 0.29) is 12.0 Å². The molecule has 0 aromatic rings. The number of hydrogen-bond donors (Lipinski definition) is 2. The molecule has 2 atom stereocenters. The number of nitrogens with two attached hydrogens (primary N) is 1. The van der Waals surface area contributed by atoms with Gasteiger partial charge in [-0.25, -0.2) is 0 Å². The molecule has 0 aliphatic rings. The molecular weight excluding hydrogens is 130 g/mol. The molecule has 60 valence electrons. The minimum Gasteiger partial charge on any atom is -0.481 e. The Morgan fingerprint density at radius 2 is 2.00 bits per heavy atom. The van der Waals surface area contributed by atoms with Gasteiger partial charge >= 0.3 is 5.97 Å². The van der Waals surface area contributed by atoms with Gasteiger partial charge in [0.1, 0.15) is 0 Å². The van der Waals surface area contributed by atoms with E-state index in [4.69, 9.17) is 10.8 Å². The van der Waals surface area contributed by atoms with Gasteiger partial charge in [-0.2, -0.15) is 0 Å². The number of hydrogen-bond acceptors (Lipinski definition) is 2. The largest absolute Gasteiger partial charge is 0.481 e. The first kappa shape index (κ1) is 9.43. The van der Waals surface area contributed by atoms with Crippen LogP contribution >= 0.6 is 0 Å². The number of rotatable bonds is 4. The van der Waals surface area contributed by atoms with Crippen LogP contribution in [0.1, 0.15) is 26.7 Å². The first-order valence-electron chi connectivity index (χ1n) is 3.52. The molecule has 0 saturated carbocycles. The van der Waals surface area contributed by atoms with Crippen molar-refractivity contribution in [3.63, 3.8) is 0 Å². The Labute approximate surface area is 61.2 Å². The van der Waals surface area contributed by atoms with Crippen molar-refractivity contribution in [2.45, 2.75) is 32.7 Å². The lowest BCUT2D eigenvalue weighted by Gasteiger charge is -2.07. The van der Waals surface area contributed by atoms with E-state index >= 15 is 0 Å². The average molecular weight is 145 g/mol. The molecule has 0 amide bonds. The molecule has 0 rings (SSSR count). The first-order chi connectivity index (χ1) is 4.54. The van der Waals surface area contributed by atoms with Gasteiger partial charge in [0.25, 0.3) is 0 Å². The molecular formula is C7H15NO2. The molecule has 0 aromatic carbocycles. The normalized spacial score (nSPS) is 16.3. The molecule has 0 aromatic heterocycles. The lowest BCUT2D eigenvalue weighted by molar-refractivity contribution is -0.141. The summed E-state index contributed by atoms with van der Waals surface area (Å²) < 4.78 is 0. The van der Waals surface area contributed by atoms with Crippen molar-refractivity contribution < 1.29 is 9.90 Å². The van der Waals surface area contributed by atoms with E-state index in [2.05, 4.69) is 0 Å². The Morgan fingerprint density at radius 3 is 2.30 bits per heavy atom. The average Bonchev–Trinajstić information content (AvgIpc) is 1.82. The second kappa shape index (κ2) is 4.28. The van der Waals surface area contributed by atoms with Gasteiger partial charge in [-0.3, -0.25) is 4.79 Å². The van der Waals surface area contributed by atoms with Gasteiger partial charge in [0.05, 0.1) is 5.92 Å². The maximum Gasteiger partial charge on any atom is 0.306 e. The van der Waals surface area contributed by atoms with Crippen LogP contribution in [-0.4, -0.2) is 17.1 Å². The van der Waals surface area contributed by atoms with Gasteiger partial charge in [0.15, 0.2) is 0 Å². The summed E-state index contributed by atoms with van der Waals surface area (Å²) in [5.41, 5.74) is 5.45. The summed E-state index contributed by atoms with van der Waals surface area (Å²) in [6.45, 7) is 3.58. The summed E-state index contributed by atoms with van der Waals surface area (Å²) in [4.78, 5) is 10.3. The third-order valence-electron chi connectivity index (χ3n) is 1.48. The third kappa shape index (κ3) is 4.32. The van der Waals surface area contributed by atoms with Crippen LogP contribution in [0.4, 0.5) is 0 Å². The van der Waals surface area contributed by atoms with Gasteiger partial charge in [-0.05, 0) is 19.8 Å². The summed E-state index contributed by atoms with van der Waals surface area (Å²) in [7, 11) is 0. The summed E-state index contributed by atoms with van der Waals surface area (Å²) in [5.74, 6) is -0.994. The standard InChI is InChI=1S/C7H15NO2/c1-5(7(9)10)3-4-6(2)8/h5-6H,3-4,8H2,1-2H3,(H,9,10). The van der Waals surface area contributed by atoms with Crippen LogP contribution in [0.25, 0.3) is 0 Å². The number of carboxylic acid groups (broad SMARTS) is 1. The second-order valence-corrected chi connectivity index (χ2v) is 2.79. The fraction of sp³-hybridized carbons (Fsp3) is 0.857. The Balaban J connectivity index is 3.40. The number of aliphatic carboxylic acids is 1. The smallest absolute Gasteiger partial charge is 0.306 e. The van der Waals surface area contributed by atoms with E-state index in [0.29, 0.717) is 6.42 Å². The van der Waals surface area contributed by atoms with Crippen LogP contribution in [0.2, 0.25) is 0 Å². The molecule has 3 N–H and O–H groups in total. The quantitative estimate of drug-likeness (QED) is 0.616. The Bertz CT molecular complexity index is 112. The molecule has 3 nitrogen and oxygen atoms in total. The van der Waals surface area contributed by atoms with E-state index in [1.165, 1.54) is 0 Å². The molecule has 0 radical (unpaired) electrons. The van der Waals surface area contributed by atoms with Crippen LogP contribution in [0.5, 0.6) is 0 Å². The highest BCUT2D eigenvalue weighted by atomic mass is 16.4. The van der Waals surface area contributed by atoms with Crippen molar-refractivity contribution in [3.8, 4) is 0 Å². The van der Waals surface area contributed by atoms with Crippen LogP contribution in [0.3, 0.4) is 0 Å². The third-order valence-corrected chi connectivity index (χ3v) is 1.48. The molecule has 0 saturated heterocycles. The molecule has 0 bridgehead atoms. The zero-order chi connectivity index (χ0) is 8.15.